The summed E-state index contributed by atoms with van der Waals surface area (Å²) in [5.74, 6) is -0.526. The van der Waals surface area contributed by atoms with E-state index in [1.807, 2.05) is 25.1 Å². The number of aryl methyl sites for hydroxylation is 1. The van der Waals surface area contributed by atoms with Crippen molar-refractivity contribution in [2.75, 3.05) is 31.5 Å². The number of benzene rings is 2. The predicted octanol–water partition coefficient (Wildman–Crippen LogP) is 4.14. The van der Waals surface area contributed by atoms with Gasteiger partial charge in [-0.2, -0.15) is 0 Å². The molecule has 2 aromatic rings. The molecule has 0 aromatic heterocycles. The van der Waals surface area contributed by atoms with Crippen LogP contribution < -0.4 is 16.0 Å². The Bertz CT molecular complexity index is 994. The molecule has 0 atom stereocenters. The average Bonchev–Trinajstić information content (AvgIpc) is 2.75. The summed E-state index contributed by atoms with van der Waals surface area (Å²) in [6.45, 7) is 5.41. The fourth-order valence-corrected chi connectivity index (χ4v) is 3.92. The van der Waals surface area contributed by atoms with Gasteiger partial charge in [0.25, 0.3) is 5.91 Å². The van der Waals surface area contributed by atoms with E-state index >= 15 is 0 Å². The molecule has 150 valence electrons. The monoisotopic (exact) mass is 391 g/mol. The molecule has 2 aliphatic heterocycles. The molecule has 4 rings (SSSR count). The van der Waals surface area contributed by atoms with E-state index in [4.69, 9.17) is 0 Å². The molecule has 5 heteroatoms. The van der Waals surface area contributed by atoms with E-state index in [1.165, 1.54) is 11.6 Å². The molecule has 0 aliphatic carbocycles. The number of carbonyl (C=O) groups is 1. The number of amides is 1. The van der Waals surface area contributed by atoms with E-state index in [1.54, 1.807) is 12.1 Å². The molecule has 0 spiro atoms. The Hall–Kier alpha value is -2.76. The van der Waals surface area contributed by atoms with Gasteiger partial charge in [0, 0.05) is 29.9 Å². The van der Waals surface area contributed by atoms with E-state index in [0.717, 1.165) is 55.7 Å². The first-order valence-electron chi connectivity index (χ1n) is 10.1. The van der Waals surface area contributed by atoms with Crippen LogP contribution >= 0.6 is 0 Å². The molecule has 1 amide bonds. The molecule has 2 aliphatic rings. The zero-order valence-corrected chi connectivity index (χ0v) is 16.6. The van der Waals surface area contributed by atoms with Gasteiger partial charge in [-0.15, -0.1) is 0 Å². The third kappa shape index (κ3) is 4.47. The second kappa shape index (κ2) is 8.72. The number of anilines is 1. The predicted molar refractivity (Wildman–Crippen MR) is 116 cm³/mol. The number of nitrogens with one attached hydrogen (secondary N) is 3. The van der Waals surface area contributed by atoms with Gasteiger partial charge in [0.2, 0.25) is 0 Å². The van der Waals surface area contributed by atoms with Crippen molar-refractivity contribution in [3.8, 4) is 0 Å². The average molecular weight is 391 g/mol. The quantitative estimate of drug-likeness (QED) is 0.734. The van der Waals surface area contributed by atoms with Gasteiger partial charge in [0.05, 0.1) is 0 Å². The van der Waals surface area contributed by atoms with Gasteiger partial charge in [-0.3, -0.25) is 4.79 Å². The fraction of sp³-hybridized carbons (Fsp3) is 0.292. The molecule has 2 heterocycles. The highest BCUT2D eigenvalue weighted by molar-refractivity contribution is 6.05. The summed E-state index contributed by atoms with van der Waals surface area (Å²) < 4.78 is 14.6. The molecule has 0 saturated heterocycles. The molecular formula is C24H26FN3O. The van der Waals surface area contributed by atoms with Crippen LogP contribution in [0.2, 0.25) is 0 Å². The second-order valence-corrected chi connectivity index (χ2v) is 7.55. The van der Waals surface area contributed by atoms with Crippen LogP contribution in [0, 0.1) is 12.7 Å². The minimum absolute atomic E-state index is 0.221. The summed E-state index contributed by atoms with van der Waals surface area (Å²) in [7, 11) is 0. The molecule has 0 fully saturated rings. The number of halogens is 1. The van der Waals surface area contributed by atoms with E-state index in [0.29, 0.717) is 16.8 Å². The number of carbonyl (C=O) groups excluding carboxylic acids is 1. The van der Waals surface area contributed by atoms with Crippen molar-refractivity contribution in [3.05, 3.63) is 76.6 Å². The van der Waals surface area contributed by atoms with Gasteiger partial charge in [0.15, 0.2) is 0 Å². The summed E-state index contributed by atoms with van der Waals surface area (Å²) >= 11 is 0. The van der Waals surface area contributed by atoms with Crippen molar-refractivity contribution >= 4 is 22.7 Å². The highest BCUT2D eigenvalue weighted by atomic mass is 19.1. The maximum absolute atomic E-state index is 14.6. The topological polar surface area (TPSA) is 53.2 Å². The Morgan fingerprint density at radius 2 is 1.69 bits per heavy atom. The Morgan fingerprint density at radius 3 is 2.31 bits per heavy atom. The lowest BCUT2D eigenvalue weighted by atomic mass is 9.96. The Morgan fingerprint density at radius 1 is 0.966 bits per heavy atom. The van der Waals surface area contributed by atoms with Crippen molar-refractivity contribution in [1.82, 2.24) is 10.6 Å². The minimum atomic E-state index is -0.305. The van der Waals surface area contributed by atoms with E-state index in [-0.39, 0.29) is 11.7 Å². The second-order valence-electron chi connectivity index (χ2n) is 7.55. The maximum Gasteiger partial charge on any atom is 0.255 e. The van der Waals surface area contributed by atoms with Gasteiger partial charge in [-0.25, -0.2) is 4.39 Å². The molecule has 0 radical (unpaired) electrons. The zero-order valence-electron chi connectivity index (χ0n) is 16.6. The highest BCUT2D eigenvalue weighted by Crippen LogP contribution is 2.26. The maximum atomic E-state index is 14.6. The van der Waals surface area contributed by atoms with Crippen LogP contribution in [0.5, 0.6) is 0 Å². The minimum Gasteiger partial charge on any atom is -0.322 e. The van der Waals surface area contributed by atoms with Gasteiger partial charge >= 0.3 is 0 Å². The SMILES string of the molecule is Cc1cc(C2=CCNCC2)ccc1C(=O)Nc1ccc(C2=CCNCC2)c(F)c1. The lowest BCUT2D eigenvalue weighted by Crippen LogP contribution is -2.20. The van der Waals surface area contributed by atoms with Crippen LogP contribution in [0.25, 0.3) is 11.1 Å². The smallest absolute Gasteiger partial charge is 0.255 e. The lowest BCUT2D eigenvalue weighted by Gasteiger charge is -2.16. The van der Waals surface area contributed by atoms with Gasteiger partial charge in [-0.1, -0.05) is 24.3 Å². The van der Waals surface area contributed by atoms with Crippen LogP contribution in [-0.2, 0) is 0 Å². The molecule has 0 unspecified atom stereocenters. The highest BCUT2D eigenvalue weighted by Gasteiger charge is 2.15. The third-order valence-electron chi connectivity index (χ3n) is 5.54. The largest absolute Gasteiger partial charge is 0.322 e. The third-order valence-corrected chi connectivity index (χ3v) is 5.54. The van der Waals surface area contributed by atoms with Crippen molar-refractivity contribution < 1.29 is 9.18 Å². The Kier molecular flexibility index (Phi) is 5.88. The van der Waals surface area contributed by atoms with Crippen LogP contribution in [0.4, 0.5) is 10.1 Å². The normalized spacial score (nSPS) is 16.8. The van der Waals surface area contributed by atoms with Crippen LogP contribution in [0.1, 0.15) is 39.9 Å². The summed E-state index contributed by atoms with van der Waals surface area (Å²) in [5.41, 5.74) is 6.08. The van der Waals surface area contributed by atoms with Gasteiger partial charge in [0.1, 0.15) is 5.82 Å². The number of rotatable bonds is 4. The summed E-state index contributed by atoms with van der Waals surface area (Å²) in [4.78, 5) is 12.7. The van der Waals surface area contributed by atoms with Gasteiger partial charge < -0.3 is 16.0 Å². The molecule has 2 aromatic carbocycles. The van der Waals surface area contributed by atoms with Crippen molar-refractivity contribution in [2.45, 2.75) is 19.8 Å². The first-order chi connectivity index (χ1) is 14.1. The molecule has 29 heavy (non-hydrogen) atoms. The molecule has 3 N–H and O–H groups in total. The zero-order chi connectivity index (χ0) is 20.2. The van der Waals surface area contributed by atoms with Crippen LogP contribution in [0.3, 0.4) is 0 Å². The lowest BCUT2D eigenvalue weighted by molar-refractivity contribution is 0.102. The van der Waals surface area contributed by atoms with Crippen molar-refractivity contribution in [2.24, 2.45) is 0 Å². The first-order valence-corrected chi connectivity index (χ1v) is 10.1. The first kappa shape index (κ1) is 19.6. The summed E-state index contributed by atoms with van der Waals surface area (Å²) in [5, 5.41) is 9.37. The Balaban J connectivity index is 1.50. The van der Waals surface area contributed by atoms with Crippen LogP contribution in [-0.4, -0.2) is 32.1 Å². The number of hydrogen-bond acceptors (Lipinski definition) is 3. The van der Waals surface area contributed by atoms with Crippen LogP contribution in [0.15, 0.2) is 48.6 Å². The molecular weight excluding hydrogens is 365 g/mol. The van der Waals surface area contributed by atoms with E-state index in [2.05, 4.69) is 28.1 Å². The van der Waals surface area contributed by atoms with Crippen molar-refractivity contribution in [3.63, 3.8) is 0 Å². The summed E-state index contributed by atoms with van der Waals surface area (Å²) in [6.07, 6.45) is 6.01. The standard InChI is InChI=1S/C24H26FN3O/c1-16-14-19(17-6-10-26-11-7-17)2-4-21(16)24(29)28-20-3-5-22(23(25)15-20)18-8-12-27-13-9-18/h2-6,8,14-15,26-27H,7,9-13H2,1H3,(H,28,29). The van der Waals surface area contributed by atoms with Crippen molar-refractivity contribution in [1.29, 1.82) is 0 Å². The summed E-state index contributed by atoms with van der Waals surface area (Å²) in [6, 6.07) is 10.8. The van der Waals surface area contributed by atoms with E-state index < -0.39 is 0 Å². The van der Waals surface area contributed by atoms with E-state index in [9.17, 15) is 9.18 Å². The molecule has 0 saturated carbocycles. The number of hydrogen-bond donors (Lipinski definition) is 3. The van der Waals surface area contributed by atoms with Gasteiger partial charge in [-0.05, 0) is 79.4 Å². The fourth-order valence-electron chi connectivity index (χ4n) is 3.92. The molecule has 4 nitrogen and oxygen atoms in total. The Labute approximate surface area is 170 Å². The molecule has 0 bridgehead atoms.